The van der Waals surface area contributed by atoms with E-state index in [9.17, 15) is 14.4 Å². The molecule has 3 N–H and O–H groups in total. The number of carbonyl (C=O) groups is 2. The van der Waals surface area contributed by atoms with Crippen LogP contribution in [0.1, 0.15) is 17.6 Å². The summed E-state index contributed by atoms with van der Waals surface area (Å²) < 4.78 is 5.45. The van der Waals surface area contributed by atoms with Crippen molar-refractivity contribution < 1.29 is 14.3 Å². The van der Waals surface area contributed by atoms with Gasteiger partial charge in [0.2, 0.25) is 5.91 Å². The predicted octanol–water partition coefficient (Wildman–Crippen LogP) is 0.505. The summed E-state index contributed by atoms with van der Waals surface area (Å²) in [6.07, 6.45) is -0.159. The Labute approximate surface area is 108 Å². The highest BCUT2D eigenvalue weighted by Gasteiger charge is 2.15. The van der Waals surface area contributed by atoms with Gasteiger partial charge in [0.1, 0.15) is 0 Å². The van der Waals surface area contributed by atoms with Crippen LogP contribution in [0.25, 0.3) is 11.0 Å². The van der Waals surface area contributed by atoms with Crippen LogP contribution in [-0.4, -0.2) is 28.5 Å². The van der Waals surface area contributed by atoms with E-state index >= 15 is 0 Å². The van der Waals surface area contributed by atoms with Crippen LogP contribution in [0, 0.1) is 0 Å². The number of hydrogen-bond acceptors (Lipinski definition) is 5. The van der Waals surface area contributed by atoms with Crippen molar-refractivity contribution in [2.45, 2.75) is 12.8 Å². The van der Waals surface area contributed by atoms with Crippen molar-refractivity contribution in [3.05, 3.63) is 28.7 Å². The molecular weight excluding hydrogens is 250 g/mol. The van der Waals surface area contributed by atoms with E-state index < -0.39 is 17.6 Å². The quantitative estimate of drug-likeness (QED) is 0.619. The Hall–Kier alpha value is -2.57. The zero-order chi connectivity index (χ0) is 14.0. The van der Waals surface area contributed by atoms with Gasteiger partial charge in [-0.1, -0.05) is 0 Å². The third kappa shape index (κ3) is 2.49. The number of aromatic nitrogens is 2. The van der Waals surface area contributed by atoms with E-state index in [0.717, 1.165) is 4.57 Å². The van der Waals surface area contributed by atoms with E-state index in [1.165, 1.54) is 7.11 Å². The maximum Gasteiger partial charge on any atom is 0.333 e. The number of carbonyl (C=O) groups excluding carboxylic acids is 2. The molecule has 0 amide bonds. The monoisotopic (exact) mass is 263 g/mol. The normalized spacial score (nSPS) is 10.6. The first-order valence-corrected chi connectivity index (χ1v) is 5.63. The number of fused-ring (bicyclic) bond motifs is 1. The summed E-state index contributed by atoms with van der Waals surface area (Å²) in [6.45, 7) is 0. The van der Waals surface area contributed by atoms with Crippen LogP contribution in [-0.2, 0) is 9.53 Å². The third-order valence-electron chi connectivity index (χ3n) is 2.73. The van der Waals surface area contributed by atoms with Crippen molar-refractivity contribution in [2.75, 3.05) is 12.8 Å². The lowest BCUT2D eigenvalue weighted by Gasteiger charge is -2.02. The molecule has 7 nitrogen and oxygen atoms in total. The summed E-state index contributed by atoms with van der Waals surface area (Å²) in [5.74, 6) is -0.961. The Balaban J connectivity index is 2.34. The van der Waals surface area contributed by atoms with E-state index in [4.69, 9.17) is 5.73 Å². The molecule has 100 valence electrons. The second kappa shape index (κ2) is 4.97. The molecule has 0 unspecified atom stereocenters. The van der Waals surface area contributed by atoms with Gasteiger partial charge in [0.05, 0.1) is 24.6 Å². The van der Waals surface area contributed by atoms with E-state index in [0.29, 0.717) is 16.7 Å². The minimum Gasteiger partial charge on any atom is -0.469 e. The lowest BCUT2D eigenvalue weighted by Crippen LogP contribution is -2.24. The maximum atomic E-state index is 11.9. The van der Waals surface area contributed by atoms with Crippen LogP contribution < -0.4 is 11.4 Å². The largest absolute Gasteiger partial charge is 0.469 e. The first kappa shape index (κ1) is 12.9. The minimum absolute atomic E-state index is 0.0661. The van der Waals surface area contributed by atoms with Gasteiger partial charge in [-0.2, -0.15) is 0 Å². The van der Waals surface area contributed by atoms with Crippen LogP contribution in [0.2, 0.25) is 0 Å². The molecule has 1 aromatic carbocycles. The first-order valence-electron chi connectivity index (χ1n) is 5.63. The fraction of sp³-hybridized carbons (Fsp3) is 0.250. The summed E-state index contributed by atoms with van der Waals surface area (Å²) in [7, 11) is 1.24. The SMILES string of the molecule is COC(=O)CCC(=O)n1c(=O)[nH]c2cc(N)ccc21. The number of aromatic amines is 1. The van der Waals surface area contributed by atoms with E-state index in [1.807, 2.05) is 0 Å². The zero-order valence-electron chi connectivity index (χ0n) is 10.3. The van der Waals surface area contributed by atoms with Crippen LogP contribution >= 0.6 is 0 Å². The molecule has 1 heterocycles. The number of nitrogens with two attached hydrogens (primary N) is 1. The molecule has 1 aromatic heterocycles. The fourth-order valence-electron chi connectivity index (χ4n) is 1.80. The van der Waals surface area contributed by atoms with Gasteiger partial charge in [-0.3, -0.25) is 9.59 Å². The Morgan fingerprint density at radius 3 is 2.79 bits per heavy atom. The number of rotatable bonds is 3. The second-order valence-corrected chi connectivity index (χ2v) is 4.01. The van der Waals surface area contributed by atoms with Gasteiger partial charge in [0.25, 0.3) is 0 Å². The van der Waals surface area contributed by atoms with Crippen molar-refractivity contribution >= 4 is 28.6 Å². The summed E-state index contributed by atoms with van der Waals surface area (Å²) in [6, 6.07) is 4.75. The number of ether oxygens (including phenoxy) is 1. The summed E-state index contributed by atoms with van der Waals surface area (Å²) in [5, 5.41) is 0. The summed E-state index contributed by atoms with van der Waals surface area (Å²) >= 11 is 0. The number of hydrogen-bond donors (Lipinski definition) is 2. The Kier molecular flexibility index (Phi) is 3.37. The molecule has 7 heteroatoms. The number of benzene rings is 1. The van der Waals surface area contributed by atoms with Gasteiger partial charge in [0, 0.05) is 12.1 Å². The Morgan fingerprint density at radius 2 is 2.11 bits per heavy atom. The molecule has 0 aliphatic carbocycles. The average Bonchev–Trinajstić information content (AvgIpc) is 2.70. The number of nitrogens with zero attached hydrogens (tertiary/aromatic N) is 1. The molecule has 0 saturated heterocycles. The number of anilines is 1. The summed E-state index contributed by atoms with van der Waals surface area (Å²) in [5.41, 5.74) is 6.46. The van der Waals surface area contributed by atoms with E-state index in [1.54, 1.807) is 18.2 Å². The molecule has 2 rings (SSSR count). The van der Waals surface area contributed by atoms with Crippen molar-refractivity contribution in [2.24, 2.45) is 0 Å². The van der Waals surface area contributed by atoms with Gasteiger partial charge in [-0.15, -0.1) is 0 Å². The van der Waals surface area contributed by atoms with Crippen LogP contribution in [0.4, 0.5) is 5.69 Å². The molecule has 19 heavy (non-hydrogen) atoms. The third-order valence-corrected chi connectivity index (χ3v) is 2.73. The molecule has 2 aromatic rings. The van der Waals surface area contributed by atoms with Crippen molar-refractivity contribution in [3.63, 3.8) is 0 Å². The number of esters is 1. The van der Waals surface area contributed by atoms with E-state index in [2.05, 4.69) is 9.72 Å². The van der Waals surface area contributed by atoms with Crippen LogP contribution in [0.15, 0.2) is 23.0 Å². The molecule has 0 radical (unpaired) electrons. The Morgan fingerprint density at radius 1 is 1.37 bits per heavy atom. The molecular formula is C12H13N3O4. The van der Waals surface area contributed by atoms with Crippen molar-refractivity contribution in [1.29, 1.82) is 0 Å². The van der Waals surface area contributed by atoms with Crippen LogP contribution in [0.5, 0.6) is 0 Å². The van der Waals surface area contributed by atoms with E-state index in [-0.39, 0.29) is 12.8 Å². The average molecular weight is 263 g/mol. The van der Waals surface area contributed by atoms with Gasteiger partial charge >= 0.3 is 11.7 Å². The Bertz CT molecular complexity index is 699. The number of nitrogen functional groups attached to an aromatic ring is 1. The minimum atomic E-state index is -0.546. The van der Waals surface area contributed by atoms with Gasteiger partial charge in [0.15, 0.2) is 0 Å². The lowest BCUT2D eigenvalue weighted by molar-refractivity contribution is -0.140. The van der Waals surface area contributed by atoms with Crippen molar-refractivity contribution in [1.82, 2.24) is 9.55 Å². The highest BCUT2D eigenvalue weighted by molar-refractivity contribution is 5.92. The summed E-state index contributed by atoms with van der Waals surface area (Å²) in [4.78, 5) is 37.2. The topological polar surface area (TPSA) is 107 Å². The zero-order valence-corrected chi connectivity index (χ0v) is 10.3. The predicted molar refractivity (Wildman–Crippen MR) is 68.8 cm³/mol. The number of H-pyrrole nitrogens is 1. The van der Waals surface area contributed by atoms with Gasteiger partial charge in [-0.05, 0) is 18.2 Å². The standard InChI is InChI=1S/C12H13N3O4/c1-19-11(17)5-4-10(16)15-9-3-2-7(13)6-8(9)14-12(15)18/h2-3,6H,4-5,13H2,1H3,(H,14,18). The fourth-order valence-corrected chi connectivity index (χ4v) is 1.80. The number of imidazole rings is 1. The highest BCUT2D eigenvalue weighted by atomic mass is 16.5. The van der Waals surface area contributed by atoms with Crippen LogP contribution in [0.3, 0.4) is 0 Å². The van der Waals surface area contributed by atoms with Gasteiger partial charge < -0.3 is 15.5 Å². The molecule has 0 saturated carbocycles. The molecule has 0 aliphatic rings. The molecule has 0 aliphatic heterocycles. The molecule has 0 bridgehead atoms. The lowest BCUT2D eigenvalue weighted by atomic mass is 10.2. The maximum absolute atomic E-state index is 11.9. The van der Waals surface area contributed by atoms with Crippen molar-refractivity contribution in [3.8, 4) is 0 Å². The number of methoxy groups -OCH3 is 1. The first-order chi connectivity index (χ1) is 9.02. The second-order valence-electron chi connectivity index (χ2n) is 4.01. The smallest absolute Gasteiger partial charge is 0.333 e. The molecule has 0 fully saturated rings. The number of nitrogens with one attached hydrogen (secondary N) is 1. The molecule has 0 spiro atoms. The highest BCUT2D eigenvalue weighted by Crippen LogP contribution is 2.14. The molecule has 0 atom stereocenters. The van der Waals surface area contributed by atoms with Gasteiger partial charge in [-0.25, -0.2) is 9.36 Å².